The van der Waals surface area contributed by atoms with E-state index in [1.807, 2.05) is 23.2 Å². The molecule has 2 aromatic heterocycles. The Morgan fingerprint density at radius 3 is 2.82 bits per heavy atom. The first-order chi connectivity index (χ1) is 13.6. The number of hydrogen-bond acceptors (Lipinski definition) is 7. The molecule has 2 aromatic rings. The first-order valence-electron chi connectivity index (χ1n) is 9.78. The lowest BCUT2D eigenvalue weighted by atomic mass is 9.89. The molecule has 2 aliphatic heterocycles. The number of aromatic nitrogens is 3. The quantitative estimate of drug-likeness (QED) is 0.851. The molecule has 0 unspecified atom stereocenters. The number of nitrogen functional groups attached to an aromatic ring is 1. The zero-order valence-electron chi connectivity index (χ0n) is 16.0. The van der Waals surface area contributed by atoms with Crippen molar-refractivity contribution in [2.24, 2.45) is 0 Å². The van der Waals surface area contributed by atoms with Crippen LogP contribution in [0.3, 0.4) is 0 Å². The van der Waals surface area contributed by atoms with Gasteiger partial charge < -0.3 is 20.3 Å². The van der Waals surface area contributed by atoms with Gasteiger partial charge in [-0.2, -0.15) is 4.98 Å². The number of amides is 1. The van der Waals surface area contributed by atoms with E-state index in [4.69, 9.17) is 10.5 Å². The third-order valence-electron chi connectivity index (χ3n) is 5.57. The van der Waals surface area contributed by atoms with Gasteiger partial charge in [-0.3, -0.25) is 9.78 Å². The second kappa shape index (κ2) is 8.10. The molecule has 0 aliphatic carbocycles. The van der Waals surface area contributed by atoms with Crippen LogP contribution in [0.2, 0.25) is 0 Å². The molecule has 0 bridgehead atoms. The number of piperidine rings is 1. The minimum atomic E-state index is -0.244. The summed E-state index contributed by atoms with van der Waals surface area (Å²) in [5.74, 6) is 1.32. The van der Waals surface area contributed by atoms with E-state index in [2.05, 4.69) is 19.9 Å². The third-order valence-corrected chi connectivity index (χ3v) is 5.57. The lowest BCUT2D eigenvalue weighted by molar-refractivity contribution is -0.139. The number of hydrogen-bond donors (Lipinski definition) is 1. The van der Waals surface area contributed by atoms with Crippen LogP contribution in [0.25, 0.3) is 0 Å². The van der Waals surface area contributed by atoms with Crippen molar-refractivity contribution in [3.63, 3.8) is 0 Å². The highest BCUT2D eigenvalue weighted by molar-refractivity contribution is 5.76. The van der Waals surface area contributed by atoms with E-state index < -0.39 is 0 Å². The van der Waals surface area contributed by atoms with Crippen LogP contribution in [0.15, 0.2) is 36.8 Å². The Morgan fingerprint density at radius 2 is 2.07 bits per heavy atom. The fourth-order valence-electron chi connectivity index (χ4n) is 3.95. The number of carbonyl (C=O) groups excluding carboxylic acids is 1. The highest BCUT2D eigenvalue weighted by Gasteiger charge is 2.41. The molecular weight excluding hydrogens is 356 g/mol. The molecular formula is C20H26N6O2. The number of morpholine rings is 1. The average Bonchev–Trinajstić information content (AvgIpc) is 2.73. The molecule has 28 heavy (non-hydrogen) atoms. The Morgan fingerprint density at radius 1 is 1.21 bits per heavy atom. The van der Waals surface area contributed by atoms with E-state index in [1.54, 1.807) is 18.5 Å². The molecule has 2 fully saturated rings. The predicted molar refractivity (Wildman–Crippen MR) is 106 cm³/mol. The first-order valence-corrected chi connectivity index (χ1v) is 9.78. The highest BCUT2D eigenvalue weighted by atomic mass is 16.5. The Hall–Kier alpha value is -2.74. The van der Waals surface area contributed by atoms with Crippen LogP contribution in [0, 0.1) is 0 Å². The second-order valence-electron chi connectivity index (χ2n) is 7.48. The largest absolute Gasteiger partial charge is 0.384 e. The fourth-order valence-corrected chi connectivity index (χ4v) is 3.95. The number of anilines is 2. The van der Waals surface area contributed by atoms with E-state index in [0.29, 0.717) is 24.8 Å². The van der Waals surface area contributed by atoms with Gasteiger partial charge in [0.25, 0.3) is 0 Å². The molecule has 0 atom stereocenters. The van der Waals surface area contributed by atoms with Crippen molar-refractivity contribution in [3.8, 4) is 0 Å². The minimum absolute atomic E-state index is 0.200. The maximum atomic E-state index is 12.6. The molecule has 1 amide bonds. The van der Waals surface area contributed by atoms with Crippen molar-refractivity contribution in [1.82, 2.24) is 19.9 Å². The molecule has 0 aromatic carbocycles. The number of carbonyl (C=O) groups is 1. The molecule has 2 N–H and O–H groups in total. The number of ether oxygens (including phenoxy) is 1. The monoisotopic (exact) mass is 382 g/mol. The molecule has 0 saturated carbocycles. The van der Waals surface area contributed by atoms with E-state index in [9.17, 15) is 4.79 Å². The van der Waals surface area contributed by atoms with Gasteiger partial charge in [0.1, 0.15) is 5.82 Å². The fraction of sp³-hybridized carbons (Fsp3) is 0.500. The normalized spacial score (nSPS) is 19.0. The van der Waals surface area contributed by atoms with Gasteiger partial charge in [-0.05, 0) is 37.0 Å². The van der Waals surface area contributed by atoms with Gasteiger partial charge >= 0.3 is 0 Å². The number of rotatable bonds is 4. The standard InChI is InChI=1S/C20H26N6O2/c21-17-5-9-23-19(24-17)26-12-13-28-20(15-26)6-10-25(11-7-20)18(27)4-3-16-2-1-8-22-14-16/h1-2,5,8-9,14H,3-4,6-7,10-13,15H2,(H2,21,23,24). The smallest absolute Gasteiger partial charge is 0.227 e. The van der Waals surface area contributed by atoms with Gasteiger partial charge in [-0.25, -0.2) is 4.98 Å². The van der Waals surface area contributed by atoms with Crippen molar-refractivity contribution in [2.45, 2.75) is 31.3 Å². The Kier molecular flexibility index (Phi) is 5.38. The van der Waals surface area contributed by atoms with Gasteiger partial charge in [0.15, 0.2) is 0 Å². The summed E-state index contributed by atoms with van der Waals surface area (Å²) >= 11 is 0. The molecule has 4 heterocycles. The van der Waals surface area contributed by atoms with Gasteiger partial charge in [0.2, 0.25) is 11.9 Å². The van der Waals surface area contributed by atoms with Crippen molar-refractivity contribution >= 4 is 17.7 Å². The zero-order chi connectivity index (χ0) is 19.4. The summed E-state index contributed by atoms with van der Waals surface area (Å²) in [5.41, 5.74) is 6.65. The van der Waals surface area contributed by atoms with Crippen LogP contribution in [0.1, 0.15) is 24.8 Å². The maximum Gasteiger partial charge on any atom is 0.227 e. The van der Waals surface area contributed by atoms with E-state index in [0.717, 1.165) is 51.0 Å². The average molecular weight is 382 g/mol. The van der Waals surface area contributed by atoms with E-state index in [-0.39, 0.29) is 11.5 Å². The van der Waals surface area contributed by atoms with E-state index in [1.165, 1.54) is 0 Å². The zero-order valence-corrected chi connectivity index (χ0v) is 16.0. The van der Waals surface area contributed by atoms with Crippen LogP contribution in [-0.2, 0) is 16.0 Å². The number of pyridine rings is 1. The Labute approximate surface area is 164 Å². The topological polar surface area (TPSA) is 97.5 Å². The maximum absolute atomic E-state index is 12.6. The van der Waals surface area contributed by atoms with Crippen LogP contribution in [-0.4, -0.2) is 64.1 Å². The molecule has 0 radical (unpaired) electrons. The summed E-state index contributed by atoms with van der Waals surface area (Å²) in [4.78, 5) is 29.5. The Balaban J connectivity index is 1.32. The van der Waals surface area contributed by atoms with Gasteiger partial charge in [-0.1, -0.05) is 6.07 Å². The van der Waals surface area contributed by atoms with Crippen molar-refractivity contribution in [1.29, 1.82) is 0 Å². The van der Waals surface area contributed by atoms with Crippen LogP contribution < -0.4 is 10.6 Å². The van der Waals surface area contributed by atoms with Crippen LogP contribution in [0.4, 0.5) is 11.8 Å². The molecule has 4 rings (SSSR count). The van der Waals surface area contributed by atoms with Crippen molar-refractivity contribution in [3.05, 3.63) is 42.4 Å². The number of nitrogens with zero attached hydrogens (tertiary/aromatic N) is 5. The van der Waals surface area contributed by atoms with Crippen molar-refractivity contribution < 1.29 is 9.53 Å². The van der Waals surface area contributed by atoms with Gasteiger partial charge in [0.05, 0.1) is 18.8 Å². The summed E-state index contributed by atoms with van der Waals surface area (Å²) in [7, 11) is 0. The lowest BCUT2D eigenvalue weighted by Gasteiger charge is -2.47. The second-order valence-corrected chi connectivity index (χ2v) is 7.48. The highest BCUT2D eigenvalue weighted by Crippen LogP contribution is 2.31. The summed E-state index contributed by atoms with van der Waals surface area (Å²) in [6.45, 7) is 3.55. The van der Waals surface area contributed by atoms with Gasteiger partial charge in [-0.15, -0.1) is 0 Å². The van der Waals surface area contributed by atoms with E-state index >= 15 is 0 Å². The molecule has 1 spiro atoms. The number of aryl methyl sites for hydroxylation is 1. The third kappa shape index (κ3) is 4.22. The summed E-state index contributed by atoms with van der Waals surface area (Å²) in [5, 5.41) is 0. The molecule has 2 saturated heterocycles. The Bertz CT molecular complexity index is 807. The summed E-state index contributed by atoms with van der Waals surface area (Å²) in [6, 6.07) is 5.60. The molecule has 148 valence electrons. The summed E-state index contributed by atoms with van der Waals surface area (Å²) in [6.07, 6.45) is 8.14. The van der Waals surface area contributed by atoms with Crippen LogP contribution >= 0.6 is 0 Å². The molecule has 8 nitrogen and oxygen atoms in total. The number of likely N-dealkylation sites (tertiary alicyclic amines) is 1. The van der Waals surface area contributed by atoms with Gasteiger partial charge in [0, 0.05) is 44.6 Å². The SMILES string of the molecule is Nc1ccnc(N2CCOC3(CCN(C(=O)CCc4cccnc4)CC3)C2)n1. The minimum Gasteiger partial charge on any atom is -0.384 e. The predicted octanol–water partition coefficient (Wildman–Crippen LogP) is 1.28. The van der Waals surface area contributed by atoms with Crippen molar-refractivity contribution in [2.75, 3.05) is 43.4 Å². The summed E-state index contributed by atoms with van der Waals surface area (Å²) < 4.78 is 6.17. The number of nitrogens with two attached hydrogens (primary N) is 1. The molecule has 8 heteroatoms. The lowest BCUT2D eigenvalue weighted by Crippen LogP contribution is -2.58. The van der Waals surface area contributed by atoms with Crippen LogP contribution in [0.5, 0.6) is 0 Å². The molecule has 2 aliphatic rings. The first kappa shape index (κ1) is 18.6.